The van der Waals surface area contributed by atoms with Crippen LogP contribution in [-0.2, 0) is 22.6 Å². The standard InChI is InChI=1S/C22H18N4O3S/c23-11-16-21-17(18(27)10-14-4-1-2-8-25-14)12-24-13-19(21)30-22(16)26-20(28)7-6-15-5-3-9-29-15/h1-9,17,24H,10,12-13H2,(H,26,28). The lowest BCUT2D eigenvalue weighted by molar-refractivity contribution is -0.120. The highest BCUT2D eigenvalue weighted by molar-refractivity contribution is 7.16. The van der Waals surface area contributed by atoms with Gasteiger partial charge in [0.1, 0.15) is 22.6 Å². The predicted octanol–water partition coefficient (Wildman–Crippen LogP) is 3.26. The molecule has 8 heteroatoms. The van der Waals surface area contributed by atoms with E-state index in [1.165, 1.54) is 23.7 Å². The van der Waals surface area contributed by atoms with Crippen LogP contribution in [0.3, 0.4) is 0 Å². The molecule has 1 atom stereocenters. The van der Waals surface area contributed by atoms with Crippen LogP contribution in [-0.4, -0.2) is 23.2 Å². The summed E-state index contributed by atoms with van der Waals surface area (Å²) < 4.78 is 5.17. The third-order valence-corrected chi connectivity index (χ3v) is 5.89. The number of carbonyl (C=O) groups excluding carboxylic acids is 2. The van der Waals surface area contributed by atoms with Gasteiger partial charge in [0, 0.05) is 42.4 Å². The highest BCUT2D eigenvalue weighted by Crippen LogP contribution is 2.40. The summed E-state index contributed by atoms with van der Waals surface area (Å²) in [4.78, 5) is 30.4. The molecule has 4 rings (SSSR count). The molecule has 4 heterocycles. The normalized spacial score (nSPS) is 15.5. The zero-order valence-corrected chi connectivity index (χ0v) is 16.7. The number of furan rings is 1. The quantitative estimate of drug-likeness (QED) is 0.595. The molecule has 0 radical (unpaired) electrons. The number of nitrogens with zero attached hydrogens (tertiary/aromatic N) is 2. The number of aromatic nitrogens is 1. The van der Waals surface area contributed by atoms with Crippen molar-refractivity contribution >= 4 is 34.1 Å². The van der Waals surface area contributed by atoms with Gasteiger partial charge in [-0.05, 0) is 35.9 Å². The van der Waals surface area contributed by atoms with Gasteiger partial charge < -0.3 is 15.1 Å². The summed E-state index contributed by atoms with van der Waals surface area (Å²) in [6, 6.07) is 11.1. The fraction of sp³-hybridized carbons (Fsp3) is 0.182. The molecule has 0 fully saturated rings. The number of carbonyl (C=O) groups is 2. The summed E-state index contributed by atoms with van der Waals surface area (Å²) in [7, 11) is 0. The van der Waals surface area contributed by atoms with E-state index in [0.717, 1.165) is 4.88 Å². The van der Waals surface area contributed by atoms with E-state index >= 15 is 0 Å². The van der Waals surface area contributed by atoms with Crippen LogP contribution in [0.2, 0.25) is 0 Å². The highest BCUT2D eigenvalue weighted by atomic mass is 32.1. The van der Waals surface area contributed by atoms with E-state index in [1.54, 1.807) is 30.5 Å². The van der Waals surface area contributed by atoms with E-state index in [-0.39, 0.29) is 18.1 Å². The molecule has 150 valence electrons. The Bertz CT molecular complexity index is 1130. The number of Topliss-reactive ketones (excluding diaryl/α,β-unsaturated/α-hetero) is 1. The van der Waals surface area contributed by atoms with E-state index in [4.69, 9.17) is 4.42 Å². The summed E-state index contributed by atoms with van der Waals surface area (Å²) >= 11 is 1.32. The molecule has 2 N–H and O–H groups in total. The molecule has 1 aliphatic rings. The predicted molar refractivity (Wildman–Crippen MR) is 113 cm³/mol. The lowest BCUT2D eigenvalue weighted by Crippen LogP contribution is -2.33. The van der Waals surface area contributed by atoms with Crippen LogP contribution in [0.1, 0.15) is 33.4 Å². The van der Waals surface area contributed by atoms with Crippen LogP contribution in [0.5, 0.6) is 0 Å². The average molecular weight is 418 g/mol. The van der Waals surface area contributed by atoms with Crippen LogP contribution in [0.25, 0.3) is 6.08 Å². The number of fused-ring (bicyclic) bond motifs is 1. The van der Waals surface area contributed by atoms with Crippen molar-refractivity contribution in [1.29, 1.82) is 5.26 Å². The number of amides is 1. The summed E-state index contributed by atoms with van der Waals surface area (Å²) in [5.41, 5.74) is 1.77. The van der Waals surface area contributed by atoms with Gasteiger partial charge in [-0.2, -0.15) is 5.26 Å². The molecule has 0 bridgehead atoms. The van der Waals surface area contributed by atoms with Crippen LogP contribution >= 0.6 is 11.3 Å². The summed E-state index contributed by atoms with van der Waals surface area (Å²) in [5.74, 6) is -0.274. The van der Waals surface area contributed by atoms with Gasteiger partial charge >= 0.3 is 0 Å². The zero-order chi connectivity index (χ0) is 20.9. The van der Waals surface area contributed by atoms with Crippen molar-refractivity contribution in [3.8, 4) is 6.07 Å². The molecule has 0 aromatic carbocycles. The number of hydrogen-bond donors (Lipinski definition) is 2. The minimum Gasteiger partial charge on any atom is -0.465 e. The van der Waals surface area contributed by atoms with Crippen molar-refractivity contribution in [3.63, 3.8) is 0 Å². The largest absolute Gasteiger partial charge is 0.465 e. The topological polar surface area (TPSA) is 108 Å². The Morgan fingerprint density at radius 2 is 2.27 bits per heavy atom. The van der Waals surface area contributed by atoms with Gasteiger partial charge in [0.25, 0.3) is 0 Å². The molecule has 0 saturated heterocycles. The third-order valence-electron chi connectivity index (χ3n) is 4.77. The number of anilines is 1. The van der Waals surface area contributed by atoms with Gasteiger partial charge in [-0.25, -0.2) is 0 Å². The van der Waals surface area contributed by atoms with Crippen LogP contribution in [0.4, 0.5) is 5.00 Å². The number of rotatable bonds is 6. The highest BCUT2D eigenvalue weighted by Gasteiger charge is 2.33. The van der Waals surface area contributed by atoms with Crippen molar-refractivity contribution < 1.29 is 14.0 Å². The molecule has 1 amide bonds. The zero-order valence-electron chi connectivity index (χ0n) is 15.9. The van der Waals surface area contributed by atoms with E-state index in [1.807, 2.05) is 12.1 Å². The first-order valence-corrected chi connectivity index (χ1v) is 10.2. The maximum absolute atomic E-state index is 13.0. The Balaban J connectivity index is 1.56. The van der Waals surface area contributed by atoms with Crippen molar-refractivity contribution in [2.75, 3.05) is 11.9 Å². The number of thiophene rings is 1. The lowest BCUT2D eigenvalue weighted by atomic mass is 9.87. The molecule has 3 aromatic rings. The van der Waals surface area contributed by atoms with E-state index < -0.39 is 5.92 Å². The van der Waals surface area contributed by atoms with E-state index in [2.05, 4.69) is 21.7 Å². The average Bonchev–Trinajstić information content (AvgIpc) is 3.40. The van der Waals surface area contributed by atoms with Crippen molar-refractivity contribution in [2.45, 2.75) is 18.9 Å². The Morgan fingerprint density at radius 1 is 1.37 bits per heavy atom. The fourth-order valence-electron chi connectivity index (χ4n) is 3.40. The third kappa shape index (κ3) is 4.22. The van der Waals surface area contributed by atoms with Gasteiger partial charge in [0.15, 0.2) is 0 Å². The van der Waals surface area contributed by atoms with Crippen molar-refractivity contribution in [3.05, 3.63) is 76.3 Å². The molecular formula is C22H18N4O3S. The molecule has 3 aromatic heterocycles. The van der Waals surface area contributed by atoms with Gasteiger partial charge in [-0.3, -0.25) is 14.6 Å². The van der Waals surface area contributed by atoms with E-state index in [9.17, 15) is 14.9 Å². The maximum atomic E-state index is 13.0. The van der Waals surface area contributed by atoms with Crippen molar-refractivity contribution in [2.24, 2.45) is 0 Å². The number of ketones is 1. The number of pyridine rings is 1. The number of nitrogens with one attached hydrogen (secondary N) is 2. The van der Waals surface area contributed by atoms with Crippen LogP contribution in [0.15, 0.2) is 53.3 Å². The maximum Gasteiger partial charge on any atom is 0.249 e. The number of nitriles is 1. The first-order valence-electron chi connectivity index (χ1n) is 9.37. The molecule has 1 unspecified atom stereocenters. The molecule has 0 spiro atoms. The summed E-state index contributed by atoms with van der Waals surface area (Å²) in [6.45, 7) is 1.01. The first kappa shape index (κ1) is 19.8. The smallest absolute Gasteiger partial charge is 0.249 e. The Kier molecular flexibility index (Phi) is 5.84. The molecule has 7 nitrogen and oxygen atoms in total. The second kappa shape index (κ2) is 8.86. The summed E-state index contributed by atoms with van der Waals surface area (Å²) in [5, 5.41) is 16.2. The Labute approximate surface area is 177 Å². The van der Waals surface area contributed by atoms with Gasteiger partial charge in [0.05, 0.1) is 17.7 Å². The second-order valence-corrected chi connectivity index (χ2v) is 7.85. The first-order chi connectivity index (χ1) is 14.7. The minimum atomic E-state index is -0.453. The molecular weight excluding hydrogens is 400 g/mol. The van der Waals surface area contributed by atoms with Crippen LogP contribution < -0.4 is 10.6 Å². The fourth-order valence-corrected chi connectivity index (χ4v) is 4.58. The van der Waals surface area contributed by atoms with E-state index in [0.29, 0.717) is 40.7 Å². The summed E-state index contributed by atoms with van der Waals surface area (Å²) in [6.07, 6.45) is 6.27. The number of hydrogen-bond acceptors (Lipinski definition) is 7. The molecule has 30 heavy (non-hydrogen) atoms. The monoisotopic (exact) mass is 418 g/mol. The van der Waals surface area contributed by atoms with Crippen LogP contribution in [0, 0.1) is 11.3 Å². The van der Waals surface area contributed by atoms with Gasteiger partial charge in [-0.1, -0.05) is 6.07 Å². The second-order valence-electron chi connectivity index (χ2n) is 6.74. The molecule has 0 aliphatic carbocycles. The SMILES string of the molecule is N#Cc1c(NC(=O)C=Cc2ccco2)sc2c1C(C(=O)Cc1ccccn1)CNC2. The van der Waals surface area contributed by atoms with Gasteiger partial charge in [0.2, 0.25) is 5.91 Å². The molecule has 0 saturated carbocycles. The Hall–Kier alpha value is -3.54. The lowest BCUT2D eigenvalue weighted by Gasteiger charge is -2.22. The van der Waals surface area contributed by atoms with Gasteiger partial charge in [-0.15, -0.1) is 11.3 Å². The minimum absolute atomic E-state index is 0.00737. The Morgan fingerprint density at radius 3 is 3.00 bits per heavy atom. The molecule has 1 aliphatic heterocycles. The van der Waals surface area contributed by atoms with Crippen molar-refractivity contribution in [1.82, 2.24) is 10.3 Å².